The zero-order valence-electron chi connectivity index (χ0n) is 14.1. The van der Waals surface area contributed by atoms with Gasteiger partial charge < -0.3 is 5.32 Å². The first-order valence-corrected chi connectivity index (χ1v) is 9.39. The molecule has 1 N–H and O–H groups in total. The number of nitrogens with zero attached hydrogens (tertiary/aromatic N) is 1. The Balaban J connectivity index is 1.81. The van der Waals surface area contributed by atoms with Crippen LogP contribution in [0.5, 0.6) is 0 Å². The van der Waals surface area contributed by atoms with Crippen LogP contribution in [-0.4, -0.2) is 33.0 Å². The van der Waals surface area contributed by atoms with Gasteiger partial charge in [-0.1, -0.05) is 34.8 Å². The van der Waals surface area contributed by atoms with Gasteiger partial charge in [0.25, 0.3) is 15.9 Å². The number of rotatable bonds is 5. The van der Waals surface area contributed by atoms with Gasteiger partial charge in [0.2, 0.25) is 0 Å². The number of aryl methyl sites for hydroxylation is 1. The summed E-state index contributed by atoms with van der Waals surface area (Å²) in [7, 11) is -1.22. The van der Waals surface area contributed by atoms with E-state index >= 15 is 0 Å². The Morgan fingerprint density at radius 1 is 1.20 bits per heavy atom. The summed E-state index contributed by atoms with van der Waals surface area (Å²) in [5.41, 5.74) is 2.67. The van der Waals surface area contributed by atoms with Crippen molar-refractivity contribution in [2.45, 2.75) is 23.8 Å². The van der Waals surface area contributed by atoms with Crippen LogP contribution in [0.25, 0.3) is 0 Å². The maximum absolute atomic E-state index is 12.6. The van der Waals surface area contributed by atoms with Crippen LogP contribution in [-0.2, 0) is 21.3 Å². The number of hydroxylamine groups is 1. The van der Waals surface area contributed by atoms with E-state index < -0.39 is 10.0 Å². The number of sulfonamides is 1. The summed E-state index contributed by atoms with van der Waals surface area (Å²) in [6.07, 6.45) is 1.77. The lowest BCUT2D eigenvalue weighted by atomic mass is 10.1. The lowest BCUT2D eigenvalue weighted by molar-refractivity contribution is -0.0258. The fourth-order valence-corrected chi connectivity index (χ4v) is 4.01. The molecule has 1 unspecified atom stereocenters. The Bertz CT molecular complexity index is 895. The van der Waals surface area contributed by atoms with Crippen molar-refractivity contribution in [2.24, 2.45) is 0 Å². The highest BCUT2D eigenvalue weighted by Crippen LogP contribution is 2.31. The first-order chi connectivity index (χ1) is 11.9. The van der Waals surface area contributed by atoms with E-state index in [4.69, 9.17) is 4.84 Å². The first kappa shape index (κ1) is 17.6. The molecular weight excluding hydrogens is 340 g/mol. The highest BCUT2D eigenvalue weighted by atomic mass is 32.2. The molecule has 6 nitrogen and oxygen atoms in total. The summed E-state index contributed by atoms with van der Waals surface area (Å²) < 4.78 is 25.4. The molecule has 0 aliphatic heterocycles. The lowest BCUT2D eigenvalue weighted by Gasteiger charge is -2.16. The normalized spacial score (nSPS) is 16.7. The highest BCUT2D eigenvalue weighted by molar-refractivity contribution is 7.89. The zero-order valence-corrected chi connectivity index (χ0v) is 14.9. The van der Waals surface area contributed by atoms with Crippen molar-refractivity contribution >= 4 is 15.9 Å². The minimum Gasteiger partial charge on any atom is -0.345 e. The van der Waals surface area contributed by atoms with Crippen molar-refractivity contribution < 1.29 is 18.0 Å². The average molecular weight is 360 g/mol. The summed E-state index contributed by atoms with van der Waals surface area (Å²) in [6.45, 7) is 0. The molecule has 0 radical (unpaired) electrons. The predicted octanol–water partition coefficient (Wildman–Crippen LogP) is 2.29. The molecule has 25 heavy (non-hydrogen) atoms. The minimum absolute atomic E-state index is 0.0105. The van der Waals surface area contributed by atoms with Gasteiger partial charge >= 0.3 is 0 Å². The summed E-state index contributed by atoms with van der Waals surface area (Å²) in [5, 5.41) is 2.99. The fraction of sp³-hybridized carbons (Fsp3) is 0.278. The third-order valence-corrected chi connectivity index (χ3v) is 6.10. The Kier molecular flexibility index (Phi) is 4.89. The maximum atomic E-state index is 12.6. The molecule has 2 aromatic rings. The third kappa shape index (κ3) is 3.44. The molecule has 0 bridgehead atoms. The van der Waals surface area contributed by atoms with Crippen LogP contribution in [0.3, 0.4) is 0 Å². The molecule has 2 aromatic carbocycles. The van der Waals surface area contributed by atoms with Gasteiger partial charge in [-0.25, -0.2) is 8.42 Å². The standard InChI is InChI=1S/C18H20N2O4S/c1-20(24-2)25(22,23)15-8-5-7-14(12-15)18(21)19-17-11-10-13-6-3-4-9-16(13)17/h3-9,12,17H,10-11H2,1-2H3,(H,19,21). The quantitative estimate of drug-likeness (QED) is 0.830. The smallest absolute Gasteiger partial charge is 0.264 e. The largest absolute Gasteiger partial charge is 0.345 e. The maximum Gasteiger partial charge on any atom is 0.264 e. The average Bonchev–Trinajstić information content (AvgIpc) is 3.04. The number of fused-ring (bicyclic) bond motifs is 1. The summed E-state index contributed by atoms with van der Waals surface area (Å²) in [6, 6.07) is 13.9. The van der Waals surface area contributed by atoms with Crippen LogP contribution in [0.4, 0.5) is 0 Å². The van der Waals surface area contributed by atoms with Gasteiger partial charge in [0.1, 0.15) is 0 Å². The molecule has 1 atom stereocenters. The fourth-order valence-electron chi connectivity index (χ4n) is 2.99. The number of hydrogen-bond donors (Lipinski definition) is 1. The summed E-state index contributed by atoms with van der Waals surface area (Å²) in [5.74, 6) is -0.293. The molecule has 7 heteroatoms. The van der Waals surface area contributed by atoms with E-state index in [1.807, 2.05) is 18.2 Å². The minimum atomic E-state index is -3.79. The monoisotopic (exact) mass is 360 g/mol. The van der Waals surface area contributed by atoms with E-state index in [9.17, 15) is 13.2 Å². The Morgan fingerprint density at radius 2 is 1.96 bits per heavy atom. The molecule has 1 aliphatic rings. The number of benzene rings is 2. The molecule has 0 heterocycles. The van der Waals surface area contributed by atoms with Gasteiger partial charge in [-0.2, -0.15) is 0 Å². The Labute approximate surface area is 147 Å². The van der Waals surface area contributed by atoms with E-state index in [0.717, 1.165) is 22.9 Å². The lowest BCUT2D eigenvalue weighted by Crippen LogP contribution is -2.28. The highest BCUT2D eigenvalue weighted by Gasteiger charge is 2.25. The molecule has 132 valence electrons. The van der Waals surface area contributed by atoms with Crippen LogP contribution in [0, 0.1) is 0 Å². The van der Waals surface area contributed by atoms with Gasteiger partial charge in [-0.3, -0.25) is 9.63 Å². The molecule has 1 aliphatic carbocycles. The number of carbonyl (C=O) groups is 1. The summed E-state index contributed by atoms with van der Waals surface area (Å²) in [4.78, 5) is 17.3. The van der Waals surface area contributed by atoms with Crippen LogP contribution in [0.2, 0.25) is 0 Å². The molecule has 3 rings (SSSR count). The molecule has 0 saturated heterocycles. The van der Waals surface area contributed by atoms with Crippen LogP contribution in [0.1, 0.15) is 33.9 Å². The van der Waals surface area contributed by atoms with Gasteiger partial charge in [-0.15, -0.1) is 0 Å². The number of hydrogen-bond acceptors (Lipinski definition) is 4. The van der Waals surface area contributed by atoms with E-state index in [2.05, 4.69) is 11.4 Å². The van der Waals surface area contributed by atoms with E-state index in [1.54, 1.807) is 12.1 Å². The zero-order chi connectivity index (χ0) is 18.0. The molecule has 1 amide bonds. The van der Waals surface area contributed by atoms with Crippen molar-refractivity contribution in [1.29, 1.82) is 0 Å². The van der Waals surface area contributed by atoms with E-state index in [-0.39, 0.29) is 16.8 Å². The van der Waals surface area contributed by atoms with E-state index in [0.29, 0.717) is 5.56 Å². The van der Waals surface area contributed by atoms with Gasteiger partial charge in [0.05, 0.1) is 18.0 Å². The van der Waals surface area contributed by atoms with Gasteiger partial charge in [-0.05, 0) is 42.2 Å². The van der Waals surface area contributed by atoms with Crippen molar-refractivity contribution in [2.75, 3.05) is 14.2 Å². The van der Waals surface area contributed by atoms with Crippen LogP contribution >= 0.6 is 0 Å². The molecule has 0 spiro atoms. The SMILES string of the molecule is CON(C)S(=O)(=O)c1cccc(C(=O)NC2CCc3ccccc32)c1. The van der Waals surface area contributed by atoms with Crippen molar-refractivity contribution in [1.82, 2.24) is 9.79 Å². The molecule has 0 saturated carbocycles. The summed E-state index contributed by atoms with van der Waals surface area (Å²) >= 11 is 0. The Morgan fingerprint density at radius 3 is 2.72 bits per heavy atom. The Hall–Kier alpha value is -2.22. The van der Waals surface area contributed by atoms with Gasteiger partial charge in [0, 0.05) is 12.6 Å². The second-order valence-corrected chi connectivity index (χ2v) is 7.82. The van der Waals surface area contributed by atoms with E-state index in [1.165, 1.54) is 31.9 Å². The van der Waals surface area contributed by atoms with Crippen molar-refractivity contribution in [3.63, 3.8) is 0 Å². The van der Waals surface area contributed by atoms with Crippen molar-refractivity contribution in [3.8, 4) is 0 Å². The van der Waals surface area contributed by atoms with Crippen LogP contribution < -0.4 is 5.32 Å². The topological polar surface area (TPSA) is 75.7 Å². The van der Waals surface area contributed by atoms with Crippen LogP contribution in [0.15, 0.2) is 53.4 Å². The number of amides is 1. The third-order valence-electron chi connectivity index (χ3n) is 4.43. The number of carbonyl (C=O) groups excluding carboxylic acids is 1. The predicted molar refractivity (Wildman–Crippen MR) is 93.4 cm³/mol. The molecule has 0 fully saturated rings. The first-order valence-electron chi connectivity index (χ1n) is 7.95. The second-order valence-electron chi connectivity index (χ2n) is 5.89. The van der Waals surface area contributed by atoms with Crippen molar-refractivity contribution in [3.05, 3.63) is 65.2 Å². The van der Waals surface area contributed by atoms with Gasteiger partial charge in [0.15, 0.2) is 0 Å². The second kappa shape index (κ2) is 6.95. The molecular formula is C18H20N2O4S. The molecule has 0 aromatic heterocycles. The number of nitrogens with one attached hydrogen (secondary N) is 1.